The van der Waals surface area contributed by atoms with Crippen molar-refractivity contribution in [2.24, 2.45) is 23.1 Å². The smallest absolute Gasteiger partial charge is 0.246 e. The van der Waals surface area contributed by atoms with E-state index < -0.39 is 241 Å². The van der Waals surface area contributed by atoms with E-state index in [1.807, 2.05) is 13.8 Å². The quantitative estimate of drug-likeness (QED) is 0.0161. The summed E-state index contributed by atoms with van der Waals surface area (Å²) in [7, 11) is 5.06. The van der Waals surface area contributed by atoms with Crippen LogP contribution in [0.1, 0.15) is 134 Å². The van der Waals surface area contributed by atoms with E-state index in [2.05, 4.69) is 78.4 Å². The molecule has 2 aliphatic rings. The van der Waals surface area contributed by atoms with Crippen molar-refractivity contribution >= 4 is 140 Å². The Labute approximate surface area is 777 Å². The summed E-state index contributed by atoms with van der Waals surface area (Å²) < 4.78 is 29.4. The Balaban J connectivity index is 1.19. The van der Waals surface area contributed by atoms with Gasteiger partial charge in [0.25, 0.3) is 0 Å². The van der Waals surface area contributed by atoms with Gasteiger partial charge in [0.2, 0.25) is 100 Å². The van der Waals surface area contributed by atoms with E-state index in [4.69, 9.17) is 22.6 Å². The number of amides is 17. The van der Waals surface area contributed by atoms with Crippen molar-refractivity contribution in [3.63, 3.8) is 0 Å². The molecule has 3 aromatic carbocycles. The molecule has 0 radical (unpaired) electrons. The Kier molecular flexibility index (Phi) is 40.1. The maximum atomic E-state index is 15.7. The summed E-state index contributed by atoms with van der Waals surface area (Å²) >= 11 is 0.690. The van der Waals surface area contributed by atoms with Crippen LogP contribution in [0.2, 0.25) is 0 Å². The average Bonchev–Trinajstić information content (AvgIpc) is 1.48. The molecule has 6 aromatic rings. The summed E-state index contributed by atoms with van der Waals surface area (Å²) in [6.07, 6.45) is 5.04. The molecule has 0 bridgehead atoms. The fraction of sp³-hybridized carbons (Fsp3) is 0.517. The number of para-hydroxylation sites is 2. The van der Waals surface area contributed by atoms with Crippen LogP contribution in [0.5, 0.6) is 0 Å². The molecule has 13 atom stereocenters. The number of carbonyl (C=O) groups is 17. The summed E-state index contributed by atoms with van der Waals surface area (Å²) in [5, 5.41) is 48.8. The molecule has 2 aliphatic heterocycles. The molecule has 0 unspecified atom stereocenters. The third kappa shape index (κ3) is 30.2. The number of fused-ring (bicyclic) bond motifs is 3. The van der Waals surface area contributed by atoms with Gasteiger partial charge in [0, 0.05) is 119 Å². The number of H-pyrrole nitrogens is 3. The number of halogens is 2. The van der Waals surface area contributed by atoms with Gasteiger partial charge in [0.1, 0.15) is 78.5 Å². The van der Waals surface area contributed by atoms with E-state index in [9.17, 15) is 71.4 Å². The Morgan fingerprint density at radius 1 is 0.560 bits per heavy atom. The van der Waals surface area contributed by atoms with Crippen molar-refractivity contribution in [3.05, 3.63) is 126 Å². The highest BCUT2D eigenvalue weighted by atomic mass is 32.2. The van der Waals surface area contributed by atoms with Gasteiger partial charge in [0.15, 0.2) is 17.6 Å². The maximum absolute atomic E-state index is 15.7. The highest BCUT2D eigenvalue weighted by Gasteiger charge is 2.44. The first-order valence-electron chi connectivity index (χ1n) is 44.4. The molecule has 8 rings (SSSR count). The van der Waals surface area contributed by atoms with Gasteiger partial charge in [-0.25, -0.2) is 13.8 Å². The lowest BCUT2D eigenvalue weighted by atomic mass is 10.00. The van der Waals surface area contributed by atoms with Crippen molar-refractivity contribution in [2.75, 3.05) is 72.5 Å². The molecule has 17 amide bonds. The van der Waals surface area contributed by atoms with Gasteiger partial charge < -0.3 is 120 Å². The Morgan fingerprint density at radius 2 is 1.11 bits per heavy atom. The van der Waals surface area contributed by atoms with E-state index in [1.165, 1.54) is 40.6 Å². The van der Waals surface area contributed by atoms with E-state index in [0.29, 0.717) is 76.1 Å². The van der Waals surface area contributed by atoms with Crippen molar-refractivity contribution in [2.45, 2.75) is 216 Å². The number of nitrogens with zero attached hydrogens (tertiary/aromatic N) is 6. The van der Waals surface area contributed by atoms with Crippen LogP contribution in [-0.4, -0.2) is 307 Å². The Bertz CT molecular complexity index is 5190. The number of primary amides is 2. The second-order valence-corrected chi connectivity index (χ2v) is 34.9. The first kappa shape index (κ1) is 106. The molecule has 0 spiro atoms. The van der Waals surface area contributed by atoms with Crippen molar-refractivity contribution < 1.29 is 95.4 Å². The van der Waals surface area contributed by atoms with Crippen molar-refractivity contribution in [1.29, 1.82) is 5.41 Å². The molecule has 728 valence electrons. The van der Waals surface area contributed by atoms with Crippen LogP contribution in [-0.2, 0) is 107 Å². The third-order valence-corrected chi connectivity index (χ3v) is 24.3. The van der Waals surface area contributed by atoms with Crippen LogP contribution >= 0.6 is 11.8 Å². The summed E-state index contributed by atoms with van der Waals surface area (Å²) in [4.78, 5) is 267. The second kappa shape index (κ2) is 50.9. The van der Waals surface area contributed by atoms with Gasteiger partial charge in [-0.3, -0.25) is 86.9 Å². The summed E-state index contributed by atoms with van der Waals surface area (Å²) in [6.45, 7) is 5.57. The van der Waals surface area contributed by atoms with Crippen LogP contribution in [0.3, 0.4) is 0 Å². The normalized spacial score (nSPS) is 23.4. The third-order valence-electron chi connectivity index (χ3n) is 23.3. The number of aliphatic hydroxyl groups is 1. The number of guanidine groups is 1. The molecule has 22 N–H and O–H groups in total. The van der Waals surface area contributed by atoms with E-state index >= 15 is 24.0 Å². The van der Waals surface area contributed by atoms with Gasteiger partial charge in [0.05, 0.1) is 38.2 Å². The monoisotopic (exact) mass is 1890 g/mol. The highest BCUT2D eigenvalue weighted by molar-refractivity contribution is 8.00. The van der Waals surface area contributed by atoms with Crippen LogP contribution in [0, 0.1) is 23.0 Å². The lowest BCUT2D eigenvalue weighted by Gasteiger charge is -2.36. The lowest BCUT2D eigenvalue weighted by molar-refractivity contribution is -0.149. The van der Waals surface area contributed by atoms with Gasteiger partial charge >= 0.3 is 0 Å². The number of likely N-dealkylation sites (N-methyl/N-ethyl adjacent to an activating group) is 4. The maximum Gasteiger partial charge on any atom is 0.246 e. The zero-order chi connectivity index (χ0) is 98.3. The lowest BCUT2D eigenvalue weighted by Crippen LogP contribution is -2.61. The van der Waals surface area contributed by atoms with Crippen LogP contribution in [0.4, 0.5) is 8.78 Å². The molecule has 0 aliphatic carbocycles. The van der Waals surface area contributed by atoms with Gasteiger partial charge in [-0.1, -0.05) is 95.8 Å². The predicted molar refractivity (Wildman–Crippen MR) is 490 cm³/mol. The number of aromatic amines is 3. The minimum atomic E-state index is -1.87. The van der Waals surface area contributed by atoms with Crippen LogP contribution < -0.4 is 75.7 Å². The second-order valence-electron chi connectivity index (χ2n) is 33.9. The molecule has 0 saturated carbocycles. The number of imidazole rings is 1. The van der Waals surface area contributed by atoms with Crippen LogP contribution in [0.15, 0.2) is 91.6 Å². The van der Waals surface area contributed by atoms with E-state index in [0.717, 1.165) is 49.7 Å². The molecule has 5 heterocycles. The number of unbranched alkanes of at least 4 members (excludes halogenated alkanes) is 2. The largest absolute Gasteiger partial charge is 0.394 e. The molecular formula is C89H124F2N24O18S. The predicted octanol–water partition coefficient (Wildman–Crippen LogP) is -1.86. The van der Waals surface area contributed by atoms with Gasteiger partial charge in [-0.15, -0.1) is 11.8 Å². The Morgan fingerprint density at radius 3 is 1.71 bits per heavy atom. The zero-order valence-electron chi connectivity index (χ0n) is 76.5. The van der Waals surface area contributed by atoms with Gasteiger partial charge in [-0.2, -0.15) is 0 Å². The number of aromatic nitrogens is 4. The molecule has 3 aromatic heterocycles. The molecular weight excluding hydrogens is 1760 g/mol. The molecule has 134 heavy (non-hydrogen) atoms. The van der Waals surface area contributed by atoms with E-state index in [-0.39, 0.29) is 88.8 Å². The fourth-order valence-corrected chi connectivity index (χ4v) is 16.7. The standard InChI is InChI=1S/C89H124F2N24O18S/c1-10-12-25-69-82(127)104-60(24-18-30-97-89(94)95)78(123)110-68(77(122)100-42-73(93)118)45-134-46-75(120)103-64(34-50-28-29-56(90)57(91)33-50)85(130)112(7)49(5)76(121)106-66(38-72(92)117)87(132)115-31-19-27-70(115)83(128)105-62(37-53-41-96-47-101-53)80(125)107-63(32-48(3)4)84(129)111(6)43-74(119)102-61(35-51-39-98-58-22-16-14-20-54(51)58)79(124)109-67(44-116)81(126)108-65(36-52-40-99-59-23-17-15-21-55(52)59)86(131)114(9)71(26-13-11-2)88(133)113(69)8/h14-17,20-23,28-29,33,39-41,47-49,60-71,98-99,116H,10-13,18-19,24-27,30-32,34-38,42-46H2,1-9H3,(H2,92,117)(H2,93,118)(H,96,101)(H,100,122)(H,102,119)(H,103,120)(H,104,127)(H,105,128)(H,106,121)(H,107,125)(H,108,126)(H,109,124)(H,110,123)(H4,94,95,97)/t49-,60-,61-,62-,63-,64-,65-,66-,67-,68-,69-,70-,71-/m0/s1. The summed E-state index contributed by atoms with van der Waals surface area (Å²) in [5.41, 5.74) is 19.3. The number of carbonyl (C=O) groups excluding carboxylic acids is 17. The Hall–Kier alpha value is -13.6. The van der Waals surface area contributed by atoms with E-state index in [1.54, 1.807) is 74.8 Å². The molecule has 45 heteroatoms. The number of benzene rings is 3. The average molecular weight is 1890 g/mol. The molecule has 2 saturated heterocycles. The first-order valence-corrected chi connectivity index (χ1v) is 45.6. The first-order chi connectivity index (χ1) is 63.7. The minimum absolute atomic E-state index is 0.0114. The number of nitrogens with one attached hydrogen (secondary N) is 15. The molecule has 2 fully saturated rings. The van der Waals surface area contributed by atoms with Gasteiger partial charge in [-0.05, 0) is 98.7 Å². The fourth-order valence-electron chi connectivity index (χ4n) is 15.8. The number of thioether (sulfide) groups is 1. The van der Waals surface area contributed by atoms with Crippen molar-refractivity contribution in [1.82, 2.24) is 103 Å². The molecule has 42 nitrogen and oxygen atoms in total. The van der Waals surface area contributed by atoms with Crippen LogP contribution in [0.25, 0.3) is 21.8 Å². The topological polar surface area (TPSA) is 621 Å². The summed E-state index contributed by atoms with van der Waals surface area (Å²) in [5.74, 6) is -21.0. The summed E-state index contributed by atoms with van der Waals surface area (Å²) in [6, 6.07) is -3.88. The number of hydrogen-bond acceptors (Lipinski definition) is 21. The number of hydrogen-bond donors (Lipinski definition) is 19. The highest BCUT2D eigenvalue weighted by Crippen LogP contribution is 2.27. The van der Waals surface area contributed by atoms with Crippen molar-refractivity contribution in [3.8, 4) is 0 Å². The SMILES string of the molecule is CCCC[C@H]1C(=O)N(C)[C@@H](CCCC)C(=O)N[C@@H](CCCNC(=N)N)C(=O)N[C@H](C(=O)NCC(N)=O)CSCC(=O)N[C@@H](Cc2ccc(F)c(F)c2)C(=O)N(C)[C@@H](C)C(=O)N[C@@H](CC(N)=O)C(=O)N2CCC[C@H]2C(=O)N[C@@H](Cc2cnc[nH]2)C(=O)N[C@@H](CC(C)C)C(=O)N(C)CC(=O)N[C@@H](Cc2c[nH]c3ccccc23)C(=O)N[C@@H](CO)C(=O)N[C@@H](Cc2c[nH]c3ccccc23)C(=O)N1C. The zero-order valence-corrected chi connectivity index (χ0v) is 77.3. The number of rotatable bonds is 26. The minimum Gasteiger partial charge on any atom is -0.394 e. The number of nitrogens with two attached hydrogens (primary N) is 3. The number of aliphatic hydroxyl groups excluding tert-OH is 1.